The molecule has 3 N–H and O–H groups in total. The van der Waals surface area contributed by atoms with E-state index in [1.54, 1.807) is 12.2 Å². The van der Waals surface area contributed by atoms with Gasteiger partial charge in [0.15, 0.2) is 0 Å². The van der Waals surface area contributed by atoms with Crippen LogP contribution in [0.2, 0.25) is 0 Å². The third-order valence-corrected chi connectivity index (χ3v) is 6.85. The predicted octanol–water partition coefficient (Wildman–Crippen LogP) is 3.93. The second-order valence-corrected chi connectivity index (χ2v) is 10.2. The zero-order valence-corrected chi connectivity index (χ0v) is 25.1. The monoisotopic (exact) mass is 594 g/mol. The van der Waals surface area contributed by atoms with Gasteiger partial charge in [-0.3, -0.25) is 14.4 Å². The first-order valence-electron chi connectivity index (χ1n) is 14.7. The molecule has 43 heavy (non-hydrogen) atoms. The number of carbonyl (C=O) groups is 3. The molecule has 0 aliphatic rings. The summed E-state index contributed by atoms with van der Waals surface area (Å²) in [6.07, 6.45) is 4.49. The first-order chi connectivity index (χ1) is 20.9. The van der Waals surface area contributed by atoms with Gasteiger partial charge in [0, 0.05) is 20.1 Å². The van der Waals surface area contributed by atoms with E-state index >= 15 is 0 Å². The molecule has 0 saturated carbocycles. The molecule has 0 heterocycles. The summed E-state index contributed by atoms with van der Waals surface area (Å²) in [4.78, 5) is 39.7. The van der Waals surface area contributed by atoms with Crippen molar-refractivity contribution in [3.05, 3.63) is 97.1 Å². The molecule has 0 fully saturated rings. The highest BCUT2D eigenvalue weighted by Crippen LogP contribution is 2.27. The molecule has 0 aromatic heterocycles. The molecular formula is C34H46N2O7. The molecule has 0 unspecified atom stereocenters. The topological polar surface area (TPSA) is 123 Å². The molecule has 0 aliphatic carbocycles. The lowest BCUT2D eigenvalue weighted by Crippen LogP contribution is -2.47. The normalized spacial score (nSPS) is 13.6. The third-order valence-electron chi connectivity index (χ3n) is 6.85. The molecule has 0 aliphatic heterocycles. The Hall–Kier alpha value is -3.79. The number of aliphatic hydroxyl groups excluding tert-OH is 1. The van der Waals surface area contributed by atoms with E-state index in [4.69, 9.17) is 19.3 Å². The molecule has 9 heteroatoms. The molecule has 0 radical (unpaired) electrons. The molecule has 0 saturated heterocycles. The number of hydrogen-bond acceptors (Lipinski definition) is 7. The number of hydrogen-bond donors (Lipinski definition) is 3. The molecule has 2 rings (SSSR count). The van der Waals surface area contributed by atoms with Crippen molar-refractivity contribution >= 4 is 17.8 Å². The standard InChI is InChI=1S/C34H46N2O7/c1-4-6-16-29(23-26-14-9-7-10-15-26)34(40)43-32(27-17-11-8-12-18-27)30(25-41-3)36-33(39)28(13-5-2)24-31(38)35-19-21-42-22-20-37/h4-5,7-12,14-15,17-18,28-30,32,37H,1-2,6,13,16,19-25H2,3H3,(H,35,38)(H,36,39)/t28-,29+,30-,32-/m0/s1. The van der Waals surface area contributed by atoms with Gasteiger partial charge in [-0.2, -0.15) is 0 Å². The Morgan fingerprint density at radius 2 is 1.65 bits per heavy atom. The van der Waals surface area contributed by atoms with Gasteiger partial charge in [0.25, 0.3) is 0 Å². The van der Waals surface area contributed by atoms with Gasteiger partial charge in [0.1, 0.15) is 6.10 Å². The summed E-state index contributed by atoms with van der Waals surface area (Å²) in [5, 5.41) is 14.5. The maximum Gasteiger partial charge on any atom is 0.309 e. The van der Waals surface area contributed by atoms with E-state index in [9.17, 15) is 14.4 Å². The molecule has 9 nitrogen and oxygen atoms in total. The smallest absolute Gasteiger partial charge is 0.309 e. The van der Waals surface area contributed by atoms with Crippen molar-refractivity contribution in [3.8, 4) is 0 Å². The first-order valence-corrected chi connectivity index (χ1v) is 14.7. The number of rotatable bonds is 22. The van der Waals surface area contributed by atoms with Crippen LogP contribution in [0, 0.1) is 11.8 Å². The van der Waals surface area contributed by atoms with E-state index in [0.717, 1.165) is 5.56 Å². The number of allylic oxidation sites excluding steroid dienone is 2. The average molecular weight is 595 g/mol. The lowest BCUT2D eigenvalue weighted by Gasteiger charge is -2.30. The molecule has 0 spiro atoms. The van der Waals surface area contributed by atoms with Crippen molar-refractivity contribution < 1.29 is 33.7 Å². The van der Waals surface area contributed by atoms with E-state index in [0.29, 0.717) is 24.8 Å². The Balaban J connectivity index is 2.23. The molecule has 234 valence electrons. The van der Waals surface area contributed by atoms with Crippen LogP contribution in [0.15, 0.2) is 86.0 Å². The second kappa shape index (κ2) is 21.0. The van der Waals surface area contributed by atoms with Gasteiger partial charge in [-0.25, -0.2) is 0 Å². The summed E-state index contributed by atoms with van der Waals surface area (Å²) in [5.41, 5.74) is 1.73. The minimum absolute atomic E-state index is 0.0615. The summed E-state index contributed by atoms with van der Waals surface area (Å²) in [5.74, 6) is -2.17. The molecule has 4 atom stereocenters. The van der Waals surface area contributed by atoms with Gasteiger partial charge in [-0.05, 0) is 36.8 Å². The van der Waals surface area contributed by atoms with E-state index in [-0.39, 0.29) is 63.6 Å². The van der Waals surface area contributed by atoms with Crippen molar-refractivity contribution in [2.24, 2.45) is 11.8 Å². The number of amides is 2. The average Bonchev–Trinajstić information content (AvgIpc) is 3.02. The van der Waals surface area contributed by atoms with Crippen molar-refractivity contribution in [3.63, 3.8) is 0 Å². The van der Waals surface area contributed by atoms with Crippen LogP contribution in [-0.4, -0.2) is 69.0 Å². The molecular weight excluding hydrogens is 548 g/mol. The fraction of sp³-hybridized carbons (Fsp3) is 0.441. The fourth-order valence-corrected chi connectivity index (χ4v) is 4.66. The molecule has 2 amide bonds. The zero-order chi connectivity index (χ0) is 31.3. The third kappa shape index (κ3) is 13.4. The number of methoxy groups -OCH3 is 1. The summed E-state index contributed by atoms with van der Waals surface area (Å²) >= 11 is 0. The first kappa shape index (κ1) is 35.4. The minimum Gasteiger partial charge on any atom is -0.455 e. The lowest BCUT2D eigenvalue weighted by molar-refractivity contribution is -0.158. The van der Waals surface area contributed by atoms with E-state index < -0.39 is 24.0 Å². The molecule has 0 bridgehead atoms. The number of benzene rings is 2. The number of esters is 1. The van der Waals surface area contributed by atoms with Crippen LogP contribution in [0.1, 0.15) is 42.9 Å². The van der Waals surface area contributed by atoms with Crippen molar-refractivity contribution in [2.45, 2.75) is 44.2 Å². The van der Waals surface area contributed by atoms with E-state index in [1.165, 1.54) is 7.11 Å². The van der Waals surface area contributed by atoms with Gasteiger partial charge in [0.2, 0.25) is 11.8 Å². The summed E-state index contributed by atoms with van der Waals surface area (Å²) < 4.78 is 16.8. The second-order valence-electron chi connectivity index (χ2n) is 10.2. The van der Waals surface area contributed by atoms with E-state index in [2.05, 4.69) is 23.8 Å². The number of nitrogens with one attached hydrogen (secondary N) is 2. The number of aliphatic hydroxyl groups is 1. The Labute approximate surface area is 255 Å². The Kier molecular flexibility index (Phi) is 17.3. The van der Waals surface area contributed by atoms with Crippen LogP contribution in [0.3, 0.4) is 0 Å². The van der Waals surface area contributed by atoms with Gasteiger partial charge < -0.3 is 30.0 Å². The van der Waals surface area contributed by atoms with Gasteiger partial charge in [-0.15, -0.1) is 13.2 Å². The van der Waals surface area contributed by atoms with Crippen LogP contribution in [0.25, 0.3) is 0 Å². The molecule has 2 aromatic carbocycles. The quantitative estimate of drug-likeness (QED) is 0.107. The summed E-state index contributed by atoms with van der Waals surface area (Å²) in [7, 11) is 1.51. The summed E-state index contributed by atoms with van der Waals surface area (Å²) in [6, 6.07) is 18.3. The van der Waals surface area contributed by atoms with Crippen molar-refractivity contribution in [1.29, 1.82) is 0 Å². The van der Waals surface area contributed by atoms with Crippen LogP contribution < -0.4 is 10.6 Å². The predicted molar refractivity (Wildman–Crippen MR) is 166 cm³/mol. The molecule has 2 aromatic rings. The van der Waals surface area contributed by atoms with Crippen LogP contribution in [0.5, 0.6) is 0 Å². The van der Waals surface area contributed by atoms with E-state index in [1.807, 2.05) is 60.7 Å². The van der Waals surface area contributed by atoms with Crippen LogP contribution >= 0.6 is 0 Å². The Morgan fingerprint density at radius 3 is 2.28 bits per heavy atom. The number of carbonyl (C=O) groups excluding carboxylic acids is 3. The van der Waals surface area contributed by atoms with Crippen LogP contribution in [0.4, 0.5) is 0 Å². The van der Waals surface area contributed by atoms with Gasteiger partial charge in [-0.1, -0.05) is 72.8 Å². The highest BCUT2D eigenvalue weighted by Gasteiger charge is 2.33. The highest BCUT2D eigenvalue weighted by atomic mass is 16.5. The minimum atomic E-state index is -0.832. The zero-order valence-electron chi connectivity index (χ0n) is 25.1. The lowest BCUT2D eigenvalue weighted by atomic mass is 9.94. The maximum absolute atomic E-state index is 13.7. The Morgan fingerprint density at radius 1 is 0.953 bits per heavy atom. The van der Waals surface area contributed by atoms with Crippen molar-refractivity contribution in [1.82, 2.24) is 10.6 Å². The SMILES string of the molecule is C=CCC[C@H](Cc1ccccc1)C(=O)O[C@@H](c1ccccc1)[C@H](COC)NC(=O)[C@@H](CC=C)CC(=O)NCCOCCO. The fourth-order valence-electron chi connectivity index (χ4n) is 4.66. The summed E-state index contributed by atoms with van der Waals surface area (Å²) in [6.45, 7) is 8.23. The van der Waals surface area contributed by atoms with Crippen LogP contribution in [-0.2, 0) is 35.0 Å². The van der Waals surface area contributed by atoms with Gasteiger partial charge >= 0.3 is 5.97 Å². The highest BCUT2D eigenvalue weighted by molar-refractivity contribution is 5.86. The van der Waals surface area contributed by atoms with Crippen molar-refractivity contribution in [2.75, 3.05) is 40.1 Å². The van der Waals surface area contributed by atoms with Gasteiger partial charge in [0.05, 0.1) is 44.3 Å². The number of ether oxygens (including phenoxy) is 3. The largest absolute Gasteiger partial charge is 0.455 e. The maximum atomic E-state index is 13.7. The Bertz CT molecular complexity index is 1110.